The summed E-state index contributed by atoms with van der Waals surface area (Å²) in [6, 6.07) is 0. The molecule has 19 heavy (non-hydrogen) atoms. The predicted molar refractivity (Wildman–Crippen MR) is 82.2 cm³/mol. The first-order valence-electron chi connectivity index (χ1n) is 6.99. The smallest absolute Gasteiger partial charge is 0.316 e. The highest BCUT2D eigenvalue weighted by atomic mass is 127. The third-order valence-corrected chi connectivity index (χ3v) is 7.76. The Morgan fingerprint density at radius 1 is 1.32 bits per heavy atom. The second-order valence-corrected chi connectivity index (χ2v) is 8.35. The molecule has 0 saturated heterocycles. The van der Waals surface area contributed by atoms with Gasteiger partial charge >= 0.3 is 5.97 Å². The van der Waals surface area contributed by atoms with Crippen LogP contribution in [-0.4, -0.2) is 22.8 Å². The van der Waals surface area contributed by atoms with Gasteiger partial charge in [-0.25, -0.2) is 0 Å². The van der Waals surface area contributed by atoms with E-state index >= 15 is 0 Å². The largest absolute Gasteiger partial charge is 0.468 e. The van der Waals surface area contributed by atoms with Crippen LogP contribution in [0.5, 0.6) is 0 Å². The Hall–Kier alpha value is -0.130. The van der Waals surface area contributed by atoms with Crippen molar-refractivity contribution in [1.82, 2.24) is 0 Å². The van der Waals surface area contributed by atoms with Gasteiger partial charge in [-0.05, 0) is 36.0 Å². The molecule has 2 aliphatic carbocycles. The van der Waals surface area contributed by atoms with Gasteiger partial charge in [-0.3, -0.25) is 9.59 Å². The molecule has 3 nitrogen and oxygen atoms in total. The van der Waals surface area contributed by atoms with E-state index < -0.39 is 5.92 Å². The third-order valence-electron chi connectivity index (χ3n) is 5.54. The zero-order valence-electron chi connectivity index (χ0n) is 12.2. The van der Waals surface area contributed by atoms with E-state index in [1.807, 2.05) is 0 Å². The van der Waals surface area contributed by atoms with E-state index in [1.54, 1.807) is 0 Å². The van der Waals surface area contributed by atoms with Crippen molar-refractivity contribution in [3.8, 4) is 0 Å². The van der Waals surface area contributed by atoms with Crippen molar-refractivity contribution in [1.29, 1.82) is 0 Å². The third kappa shape index (κ3) is 2.24. The Morgan fingerprint density at radius 3 is 2.53 bits per heavy atom. The first kappa shape index (κ1) is 15.3. The van der Waals surface area contributed by atoms with Crippen molar-refractivity contribution in [2.45, 2.75) is 50.4 Å². The molecule has 0 aromatic heterocycles. The fourth-order valence-electron chi connectivity index (χ4n) is 4.42. The van der Waals surface area contributed by atoms with Crippen molar-refractivity contribution >= 4 is 34.3 Å². The van der Waals surface area contributed by atoms with Gasteiger partial charge in [0, 0.05) is 10.3 Å². The molecule has 108 valence electrons. The average Bonchev–Trinajstić information content (AvgIpc) is 2.33. The predicted octanol–water partition coefficient (Wildman–Crippen LogP) is 3.38. The van der Waals surface area contributed by atoms with E-state index in [0.717, 1.165) is 19.3 Å². The van der Waals surface area contributed by atoms with E-state index in [4.69, 9.17) is 4.74 Å². The number of methoxy groups -OCH3 is 1. The molecule has 2 fully saturated rings. The number of rotatable bonds is 1. The number of alkyl halides is 1. The zero-order chi connectivity index (χ0) is 14.4. The van der Waals surface area contributed by atoms with Gasteiger partial charge in [0.1, 0.15) is 11.7 Å². The lowest BCUT2D eigenvalue weighted by Crippen LogP contribution is -2.57. The van der Waals surface area contributed by atoms with Gasteiger partial charge in [0.25, 0.3) is 0 Å². The number of Topliss-reactive ketones (excluding diaryl/α,β-unsaturated/α-hetero) is 1. The van der Waals surface area contributed by atoms with Crippen LogP contribution < -0.4 is 0 Å². The molecule has 0 radical (unpaired) electrons. The maximum Gasteiger partial charge on any atom is 0.316 e. The van der Waals surface area contributed by atoms with Gasteiger partial charge in [-0.1, -0.05) is 43.4 Å². The summed E-state index contributed by atoms with van der Waals surface area (Å²) < 4.78 is 5.51. The standard InChI is InChI=1S/C15H23IO3/c1-14(2)10-6-5-9(17)12(13(18)19-4)15(10,3)8-7-11(14)16/h10-12H,5-8H2,1-4H3/t10-,11-,12+,15-/m0/s1. The quantitative estimate of drug-likeness (QED) is 0.304. The zero-order valence-corrected chi connectivity index (χ0v) is 14.3. The van der Waals surface area contributed by atoms with Crippen LogP contribution in [0.3, 0.4) is 0 Å². The Bertz CT molecular complexity index is 396. The summed E-state index contributed by atoms with van der Waals surface area (Å²) in [7, 11) is 1.39. The molecule has 0 N–H and O–H groups in total. The Kier molecular flexibility index (Phi) is 4.02. The topological polar surface area (TPSA) is 43.4 Å². The minimum atomic E-state index is -0.556. The van der Waals surface area contributed by atoms with Crippen molar-refractivity contribution in [3.05, 3.63) is 0 Å². The number of ether oxygens (including phenoxy) is 1. The number of hydrogen-bond donors (Lipinski definition) is 0. The summed E-state index contributed by atoms with van der Waals surface area (Å²) in [5, 5.41) is 0. The lowest BCUT2D eigenvalue weighted by molar-refractivity contribution is -0.166. The second-order valence-electron chi connectivity index (χ2n) is 6.85. The fraction of sp³-hybridized carbons (Fsp3) is 0.867. The number of halogens is 1. The van der Waals surface area contributed by atoms with Crippen LogP contribution in [0.2, 0.25) is 0 Å². The van der Waals surface area contributed by atoms with Gasteiger partial charge in [0.15, 0.2) is 0 Å². The van der Waals surface area contributed by atoms with Crippen molar-refractivity contribution in [2.24, 2.45) is 22.7 Å². The first-order valence-corrected chi connectivity index (χ1v) is 8.24. The number of esters is 1. The lowest BCUT2D eigenvalue weighted by atomic mass is 9.48. The number of hydrogen-bond acceptors (Lipinski definition) is 3. The summed E-state index contributed by atoms with van der Waals surface area (Å²) in [6.45, 7) is 6.70. The monoisotopic (exact) mass is 378 g/mol. The molecule has 0 aliphatic heterocycles. The molecule has 0 spiro atoms. The summed E-state index contributed by atoms with van der Waals surface area (Å²) in [4.78, 5) is 24.3. The molecule has 0 unspecified atom stereocenters. The van der Waals surface area contributed by atoms with Crippen molar-refractivity contribution in [3.63, 3.8) is 0 Å². The van der Waals surface area contributed by atoms with Crippen LogP contribution in [0.4, 0.5) is 0 Å². The highest BCUT2D eigenvalue weighted by Crippen LogP contribution is 2.60. The van der Waals surface area contributed by atoms with Crippen molar-refractivity contribution < 1.29 is 14.3 Å². The summed E-state index contributed by atoms with van der Waals surface area (Å²) in [5.41, 5.74) is -0.0614. The highest BCUT2D eigenvalue weighted by molar-refractivity contribution is 14.1. The maximum absolute atomic E-state index is 12.2. The van der Waals surface area contributed by atoms with Crippen LogP contribution in [-0.2, 0) is 14.3 Å². The maximum atomic E-state index is 12.2. The van der Waals surface area contributed by atoms with Gasteiger partial charge in [0.05, 0.1) is 7.11 Å². The number of ketones is 1. The molecule has 2 aliphatic rings. The van der Waals surface area contributed by atoms with Gasteiger partial charge in [-0.15, -0.1) is 0 Å². The van der Waals surface area contributed by atoms with Crippen LogP contribution >= 0.6 is 22.6 Å². The van der Waals surface area contributed by atoms with Crippen LogP contribution in [0.25, 0.3) is 0 Å². The van der Waals surface area contributed by atoms with E-state index in [1.165, 1.54) is 7.11 Å². The fourth-order valence-corrected chi connectivity index (χ4v) is 5.16. The molecule has 0 aromatic carbocycles. The average molecular weight is 378 g/mol. The summed E-state index contributed by atoms with van der Waals surface area (Å²) >= 11 is 2.53. The Balaban J connectivity index is 2.42. The molecule has 2 saturated carbocycles. The van der Waals surface area contributed by atoms with E-state index in [0.29, 0.717) is 16.3 Å². The van der Waals surface area contributed by atoms with Gasteiger partial charge in [0.2, 0.25) is 0 Å². The van der Waals surface area contributed by atoms with E-state index in [-0.39, 0.29) is 22.6 Å². The minimum Gasteiger partial charge on any atom is -0.468 e. The molecule has 2 rings (SSSR count). The highest BCUT2D eigenvalue weighted by Gasteiger charge is 2.59. The molecule has 0 heterocycles. The number of carbonyl (C=O) groups is 2. The Morgan fingerprint density at radius 2 is 1.95 bits per heavy atom. The van der Waals surface area contributed by atoms with E-state index in [9.17, 15) is 9.59 Å². The molecule has 0 amide bonds. The molecular formula is C15H23IO3. The van der Waals surface area contributed by atoms with Crippen molar-refractivity contribution in [2.75, 3.05) is 7.11 Å². The summed E-state index contributed by atoms with van der Waals surface area (Å²) in [6.07, 6.45) is 3.45. The van der Waals surface area contributed by atoms with Crippen LogP contribution in [0, 0.1) is 22.7 Å². The SMILES string of the molecule is COC(=O)[C@H]1C(=O)CC[C@H]2C(C)(C)[C@@H](I)CC[C@]12C. The van der Waals surface area contributed by atoms with Crippen LogP contribution in [0.15, 0.2) is 0 Å². The molecule has 0 bridgehead atoms. The van der Waals surface area contributed by atoms with Gasteiger partial charge in [-0.2, -0.15) is 0 Å². The van der Waals surface area contributed by atoms with Crippen LogP contribution in [0.1, 0.15) is 46.5 Å². The van der Waals surface area contributed by atoms with Gasteiger partial charge < -0.3 is 4.74 Å². The summed E-state index contributed by atoms with van der Waals surface area (Å²) in [5.74, 6) is -0.398. The molecular weight excluding hydrogens is 355 g/mol. The normalized spacial score (nSPS) is 41.5. The number of fused-ring (bicyclic) bond motifs is 1. The molecule has 4 atom stereocenters. The molecule has 0 aromatic rings. The Labute approximate surface area is 129 Å². The second kappa shape index (κ2) is 5.01. The van der Waals surface area contributed by atoms with E-state index in [2.05, 4.69) is 43.4 Å². The molecule has 4 heteroatoms. The minimum absolute atomic E-state index is 0.0771. The first-order chi connectivity index (χ1) is 8.75. The number of carbonyl (C=O) groups excluding carboxylic acids is 2. The lowest BCUT2D eigenvalue weighted by Gasteiger charge is -2.57.